The van der Waals surface area contributed by atoms with E-state index in [-0.39, 0.29) is 16.6 Å². The molecule has 0 saturated carbocycles. The molecule has 1 aliphatic heterocycles. The van der Waals surface area contributed by atoms with Gasteiger partial charge in [0.15, 0.2) is 9.84 Å². The van der Waals surface area contributed by atoms with Gasteiger partial charge in [0.1, 0.15) is 0 Å². The summed E-state index contributed by atoms with van der Waals surface area (Å²) in [5.74, 6) is -0.198. The first-order valence-corrected chi connectivity index (χ1v) is 10.9. The molecule has 1 fully saturated rings. The van der Waals surface area contributed by atoms with Crippen LogP contribution in [0.3, 0.4) is 0 Å². The predicted molar refractivity (Wildman–Crippen MR) is 106 cm³/mol. The van der Waals surface area contributed by atoms with Crippen molar-refractivity contribution in [2.24, 2.45) is 0 Å². The molecule has 27 heavy (non-hydrogen) atoms. The molecule has 0 bridgehead atoms. The fourth-order valence-corrected chi connectivity index (χ4v) is 4.61. The standard InChI is InChI=1S/C20H22ClNO4S/c1-2-27(24,25)16-7-5-6-15(14-16)22-19(23)20(10-12-26-13-11-20)17-8-3-4-9-18(17)21/h3-9,14H,2,10-13H2,1H3,(H,22,23). The molecule has 1 saturated heterocycles. The smallest absolute Gasteiger partial charge is 0.235 e. The minimum absolute atomic E-state index is 0.00526. The summed E-state index contributed by atoms with van der Waals surface area (Å²) in [6.45, 7) is 2.51. The summed E-state index contributed by atoms with van der Waals surface area (Å²) in [6, 6.07) is 13.7. The van der Waals surface area contributed by atoms with Crippen molar-refractivity contribution in [3.8, 4) is 0 Å². The Hall–Kier alpha value is -1.89. The lowest BCUT2D eigenvalue weighted by atomic mass is 9.73. The van der Waals surface area contributed by atoms with Gasteiger partial charge in [-0.15, -0.1) is 0 Å². The van der Waals surface area contributed by atoms with Gasteiger partial charge >= 0.3 is 0 Å². The zero-order valence-corrected chi connectivity index (χ0v) is 16.6. The third kappa shape index (κ3) is 4.03. The number of carbonyl (C=O) groups excluding carboxylic acids is 1. The maximum atomic E-state index is 13.3. The number of rotatable bonds is 5. The van der Waals surface area contributed by atoms with E-state index in [1.165, 1.54) is 12.1 Å². The normalized spacial score (nSPS) is 16.7. The lowest BCUT2D eigenvalue weighted by molar-refractivity contribution is -0.125. The van der Waals surface area contributed by atoms with Crippen LogP contribution in [0.4, 0.5) is 5.69 Å². The molecule has 2 aromatic rings. The van der Waals surface area contributed by atoms with E-state index in [1.54, 1.807) is 25.1 Å². The highest BCUT2D eigenvalue weighted by Gasteiger charge is 2.43. The van der Waals surface area contributed by atoms with Gasteiger partial charge in [-0.25, -0.2) is 8.42 Å². The molecule has 1 aliphatic rings. The molecule has 144 valence electrons. The number of benzene rings is 2. The summed E-state index contributed by atoms with van der Waals surface area (Å²) in [7, 11) is -3.35. The molecule has 0 aliphatic carbocycles. The Kier molecular flexibility index (Phi) is 5.89. The molecule has 1 N–H and O–H groups in total. The van der Waals surface area contributed by atoms with E-state index in [2.05, 4.69) is 5.32 Å². The molecular weight excluding hydrogens is 386 g/mol. The maximum absolute atomic E-state index is 13.3. The lowest BCUT2D eigenvalue weighted by Gasteiger charge is -2.36. The van der Waals surface area contributed by atoms with Crippen LogP contribution in [0.15, 0.2) is 53.4 Å². The van der Waals surface area contributed by atoms with Gasteiger partial charge in [0.05, 0.1) is 16.1 Å². The third-order valence-corrected chi connectivity index (χ3v) is 7.06. The van der Waals surface area contributed by atoms with E-state index < -0.39 is 15.3 Å². The number of sulfone groups is 1. The summed E-state index contributed by atoms with van der Waals surface area (Å²) in [5.41, 5.74) is 0.410. The molecule has 0 radical (unpaired) electrons. The number of hydrogen-bond acceptors (Lipinski definition) is 4. The van der Waals surface area contributed by atoms with E-state index in [1.807, 2.05) is 18.2 Å². The second-order valence-corrected chi connectivity index (χ2v) is 9.25. The SMILES string of the molecule is CCS(=O)(=O)c1cccc(NC(=O)C2(c3ccccc3Cl)CCOCC2)c1. The Morgan fingerprint density at radius 1 is 1.15 bits per heavy atom. The van der Waals surface area contributed by atoms with Gasteiger partial charge < -0.3 is 10.1 Å². The summed E-state index contributed by atoms with van der Waals surface area (Å²) in [6.07, 6.45) is 1.02. The van der Waals surface area contributed by atoms with Gasteiger partial charge in [-0.1, -0.05) is 42.8 Å². The minimum atomic E-state index is -3.35. The second kappa shape index (κ2) is 8.00. The molecule has 3 rings (SSSR count). The first kappa shape index (κ1) is 19.9. The number of ether oxygens (including phenoxy) is 1. The first-order chi connectivity index (χ1) is 12.9. The number of carbonyl (C=O) groups is 1. The molecule has 2 aromatic carbocycles. The highest BCUT2D eigenvalue weighted by atomic mass is 35.5. The highest BCUT2D eigenvalue weighted by molar-refractivity contribution is 7.91. The van der Waals surface area contributed by atoms with Crippen LogP contribution in [0.1, 0.15) is 25.3 Å². The van der Waals surface area contributed by atoms with Gasteiger partial charge in [0.2, 0.25) is 5.91 Å². The molecule has 0 atom stereocenters. The average molecular weight is 408 g/mol. The van der Waals surface area contributed by atoms with Gasteiger partial charge in [-0.2, -0.15) is 0 Å². The predicted octanol–water partition coefficient (Wildman–Crippen LogP) is 3.82. The summed E-state index contributed by atoms with van der Waals surface area (Å²) >= 11 is 6.40. The van der Waals surface area contributed by atoms with Crippen molar-refractivity contribution in [2.75, 3.05) is 24.3 Å². The Morgan fingerprint density at radius 3 is 2.52 bits per heavy atom. The third-order valence-electron chi connectivity index (χ3n) is 5.00. The van der Waals surface area contributed by atoms with Crippen LogP contribution in [0, 0.1) is 0 Å². The average Bonchev–Trinajstić information content (AvgIpc) is 2.69. The van der Waals surface area contributed by atoms with Gasteiger partial charge in [0, 0.05) is 23.9 Å². The van der Waals surface area contributed by atoms with Crippen LogP contribution < -0.4 is 5.32 Å². The van der Waals surface area contributed by atoms with Gasteiger partial charge in [-0.05, 0) is 42.7 Å². The summed E-state index contributed by atoms with van der Waals surface area (Å²) in [5, 5.41) is 3.44. The van der Waals surface area contributed by atoms with Gasteiger partial charge in [0.25, 0.3) is 0 Å². The molecule has 5 nitrogen and oxygen atoms in total. The molecule has 0 spiro atoms. The second-order valence-electron chi connectivity index (χ2n) is 6.56. The minimum Gasteiger partial charge on any atom is -0.381 e. The number of hydrogen-bond donors (Lipinski definition) is 1. The van der Waals surface area contributed by atoms with E-state index in [0.29, 0.717) is 36.8 Å². The monoisotopic (exact) mass is 407 g/mol. The molecule has 0 aromatic heterocycles. The van der Waals surface area contributed by atoms with Crippen molar-refractivity contribution in [1.29, 1.82) is 0 Å². The first-order valence-electron chi connectivity index (χ1n) is 8.86. The van der Waals surface area contributed by atoms with Crippen LogP contribution in [0.25, 0.3) is 0 Å². The van der Waals surface area contributed by atoms with Crippen LogP contribution >= 0.6 is 11.6 Å². The zero-order valence-electron chi connectivity index (χ0n) is 15.1. The van der Waals surface area contributed by atoms with Crippen molar-refractivity contribution in [3.05, 3.63) is 59.1 Å². The number of nitrogens with one attached hydrogen (secondary N) is 1. The molecule has 7 heteroatoms. The Morgan fingerprint density at radius 2 is 1.85 bits per heavy atom. The van der Waals surface area contributed by atoms with Crippen LogP contribution in [0.5, 0.6) is 0 Å². The summed E-state index contributed by atoms with van der Waals surface area (Å²) in [4.78, 5) is 13.5. The van der Waals surface area contributed by atoms with Gasteiger partial charge in [-0.3, -0.25) is 4.79 Å². The topological polar surface area (TPSA) is 72.5 Å². The summed E-state index contributed by atoms with van der Waals surface area (Å²) < 4.78 is 29.7. The molecule has 1 heterocycles. The van der Waals surface area contributed by atoms with E-state index in [4.69, 9.17) is 16.3 Å². The highest BCUT2D eigenvalue weighted by Crippen LogP contribution is 2.39. The van der Waals surface area contributed by atoms with E-state index in [9.17, 15) is 13.2 Å². The Labute approximate surface area is 164 Å². The Balaban J connectivity index is 1.95. The molecule has 0 unspecified atom stereocenters. The van der Waals surface area contributed by atoms with Crippen molar-refractivity contribution in [3.63, 3.8) is 0 Å². The maximum Gasteiger partial charge on any atom is 0.235 e. The van der Waals surface area contributed by atoms with Crippen LogP contribution in [-0.4, -0.2) is 33.3 Å². The van der Waals surface area contributed by atoms with Crippen molar-refractivity contribution in [2.45, 2.75) is 30.1 Å². The van der Waals surface area contributed by atoms with E-state index in [0.717, 1.165) is 5.56 Å². The van der Waals surface area contributed by atoms with E-state index >= 15 is 0 Å². The van der Waals surface area contributed by atoms with Crippen molar-refractivity contribution in [1.82, 2.24) is 0 Å². The fraction of sp³-hybridized carbons (Fsp3) is 0.350. The van der Waals surface area contributed by atoms with Crippen molar-refractivity contribution >= 4 is 33.0 Å². The largest absolute Gasteiger partial charge is 0.381 e. The number of anilines is 1. The Bertz CT molecular complexity index is 937. The van der Waals surface area contributed by atoms with Crippen molar-refractivity contribution < 1.29 is 17.9 Å². The number of amides is 1. The fourth-order valence-electron chi connectivity index (χ4n) is 3.37. The lowest BCUT2D eigenvalue weighted by Crippen LogP contribution is -2.45. The molecular formula is C20H22ClNO4S. The quantitative estimate of drug-likeness (QED) is 0.817. The van der Waals surface area contributed by atoms with Crippen LogP contribution in [-0.2, 0) is 24.8 Å². The van der Waals surface area contributed by atoms with Crippen LogP contribution in [0.2, 0.25) is 5.02 Å². The molecule has 1 amide bonds. The zero-order chi connectivity index (χ0) is 19.5. The number of halogens is 1.